The first-order valence-electron chi connectivity index (χ1n) is 8.04. The van der Waals surface area contributed by atoms with Gasteiger partial charge in [-0.2, -0.15) is 28.8 Å². The minimum Gasteiger partial charge on any atom is -0.317 e. The van der Waals surface area contributed by atoms with Gasteiger partial charge in [-0.25, -0.2) is 0 Å². The van der Waals surface area contributed by atoms with E-state index in [0.717, 1.165) is 25.9 Å². The van der Waals surface area contributed by atoms with Crippen molar-refractivity contribution in [3.63, 3.8) is 0 Å². The van der Waals surface area contributed by atoms with Crippen LogP contribution in [0.5, 0.6) is 0 Å². The summed E-state index contributed by atoms with van der Waals surface area (Å²) in [5.41, 5.74) is 0. The van der Waals surface area contributed by atoms with Crippen molar-refractivity contribution in [1.29, 1.82) is 0 Å². The minimum atomic E-state index is -3.28. The molecule has 0 amide bonds. The Morgan fingerprint density at radius 1 is 1.14 bits per heavy atom. The van der Waals surface area contributed by atoms with Gasteiger partial charge in [0.2, 0.25) is 0 Å². The van der Waals surface area contributed by atoms with Gasteiger partial charge in [0.15, 0.2) is 0 Å². The van der Waals surface area contributed by atoms with Crippen molar-refractivity contribution < 1.29 is 8.42 Å². The highest BCUT2D eigenvalue weighted by molar-refractivity contribution is 8.00. The molecule has 124 valence electrons. The van der Waals surface area contributed by atoms with Crippen LogP contribution in [0.1, 0.15) is 33.6 Å². The van der Waals surface area contributed by atoms with E-state index >= 15 is 0 Å². The molecule has 7 heteroatoms. The van der Waals surface area contributed by atoms with E-state index in [4.69, 9.17) is 0 Å². The molecule has 0 spiro atoms. The maximum atomic E-state index is 12.9. The summed E-state index contributed by atoms with van der Waals surface area (Å²) >= 11 is 1.88. The second kappa shape index (κ2) is 7.64. The molecule has 3 atom stereocenters. The fraction of sp³-hybridized carbons (Fsp3) is 1.00. The summed E-state index contributed by atoms with van der Waals surface area (Å²) in [5, 5.41) is 4.11. The number of hydrogen-bond donors (Lipinski definition) is 1. The van der Waals surface area contributed by atoms with E-state index in [1.807, 2.05) is 11.8 Å². The Morgan fingerprint density at radius 3 is 2.43 bits per heavy atom. The molecule has 2 aliphatic heterocycles. The summed E-state index contributed by atoms with van der Waals surface area (Å²) in [6.45, 7) is 10.8. The molecular weight excluding hydrogens is 306 g/mol. The van der Waals surface area contributed by atoms with Gasteiger partial charge in [-0.1, -0.05) is 20.8 Å². The molecule has 0 bridgehead atoms. The Balaban J connectivity index is 2.01. The monoisotopic (exact) mass is 335 g/mol. The van der Waals surface area contributed by atoms with Crippen molar-refractivity contribution in [3.8, 4) is 0 Å². The van der Waals surface area contributed by atoms with Crippen molar-refractivity contribution in [2.24, 2.45) is 5.92 Å². The Hall–Kier alpha value is 0.180. The highest BCUT2D eigenvalue weighted by Crippen LogP contribution is 2.29. The third-order valence-corrected chi connectivity index (χ3v) is 7.37. The molecule has 0 aromatic heterocycles. The van der Waals surface area contributed by atoms with E-state index < -0.39 is 10.2 Å². The Kier molecular flexibility index (Phi) is 6.38. The average molecular weight is 336 g/mol. The summed E-state index contributed by atoms with van der Waals surface area (Å²) in [7, 11) is -3.28. The van der Waals surface area contributed by atoms with Crippen LogP contribution < -0.4 is 5.32 Å². The maximum absolute atomic E-state index is 12.9. The standard InChI is InChI=1S/C14H29N3O2S2/c1-4-15-8-14-6-5-7-16(11-14)21(18,19)17-9-12(2)20-13(3)10-17/h12-15H,4-11H2,1-3H3. The lowest BCUT2D eigenvalue weighted by Gasteiger charge is -2.39. The summed E-state index contributed by atoms with van der Waals surface area (Å²) in [6, 6.07) is 0. The lowest BCUT2D eigenvalue weighted by molar-refractivity contribution is 0.241. The van der Waals surface area contributed by atoms with Crippen LogP contribution in [0.25, 0.3) is 0 Å². The number of thioether (sulfide) groups is 1. The summed E-state index contributed by atoms with van der Waals surface area (Å²) in [5.74, 6) is 0.447. The molecule has 0 saturated carbocycles. The highest BCUT2D eigenvalue weighted by Gasteiger charge is 2.37. The Bertz CT molecular complexity index is 420. The zero-order chi connectivity index (χ0) is 15.5. The molecule has 21 heavy (non-hydrogen) atoms. The molecule has 3 unspecified atom stereocenters. The molecule has 2 rings (SSSR count). The van der Waals surface area contributed by atoms with Crippen LogP contribution in [-0.4, -0.2) is 66.8 Å². The smallest absolute Gasteiger partial charge is 0.282 e. The molecule has 0 aromatic carbocycles. The molecular formula is C14H29N3O2S2. The van der Waals surface area contributed by atoms with E-state index in [1.165, 1.54) is 0 Å². The van der Waals surface area contributed by atoms with Crippen LogP contribution in [0.2, 0.25) is 0 Å². The Morgan fingerprint density at radius 2 is 1.81 bits per heavy atom. The lowest BCUT2D eigenvalue weighted by atomic mass is 10.00. The average Bonchev–Trinajstić information content (AvgIpc) is 2.44. The van der Waals surface area contributed by atoms with Crippen LogP contribution in [0.4, 0.5) is 0 Å². The van der Waals surface area contributed by atoms with Gasteiger partial charge in [0.25, 0.3) is 10.2 Å². The van der Waals surface area contributed by atoms with E-state index in [-0.39, 0.29) is 0 Å². The normalized spacial score (nSPS) is 33.2. The van der Waals surface area contributed by atoms with Crippen molar-refractivity contribution in [2.75, 3.05) is 39.3 Å². The van der Waals surface area contributed by atoms with Gasteiger partial charge in [-0.05, 0) is 31.8 Å². The molecule has 0 aromatic rings. The topological polar surface area (TPSA) is 52.7 Å². The Labute approximate surface area is 134 Å². The fourth-order valence-corrected chi connectivity index (χ4v) is 6.66. The van der Waals surface area contributed by atoms with Crippen molar-refractivity contribution >= 4 is 22.0 Å². The molecule has 2 saturated heterocycles. The molecule has 2 fully saturated rings. The van der Waals surface area contributed by atoms with Gasteiger partial charge in [0.05, 0.1) is 0 Å². The summed E-state index contributed by atoms with van der Waals surface area (Å²) in [6.07, 6.45) is 2.10. The first-order chi connectivity index (χ1) is 9.93. The van der Waals surface area contributed by atoms with Gasteiger partial charge in [0, 0.05) is 36.7 Å². The molecule has 0 aliphatic carbocycles. The maximum Gasteiger partial charge on any atom is 0.282 e. The van der Waals surface area contributed by atoms with Crippen LogP contribution in [0.3, 0.4) is 0 Å². The van der Waals surface area contributed by atoms with Crippen LogP contribution >= 0.6 is 11.8 Å². The number of piperidine rings is 1. The van der Waals surface area contributed by atoms with Gasteiger partial charge in [0.1, 0.15) is 0 Å². The predicted molar refractivity (Wildman–Crippen MR) is 89.8 cm³/mol. The zero-order valence-electron chi connectivity index (χ0n) is 13.4. The SMILES string of the molecule is CCNCC1CCCN(S(=O)(=O)N2CC(C)SC(C)C2)C1. The summed E-state index contributed by atoms with van der Waals surface area (Å²) in [4.78, 5) is 0. The molecule has 2 heterocycles. The minimum absolute atomic E-state index is 0.380. The number of nitrogens with one attached hydrogen (secondary N) is 1. The zero-order valence-corrected chi connectivity index (χ0v) is 15.0. The molecule has 0 radical (unpaired) electrons. The first-order valence-corrected chi connectivity index (χ1v) is 10.4. The molecule has 5 nitrogen and oxygen atoms in total. The second-order valence-electron chi connectivity index (χ2n) is 6.26. The predicted octanol–water partition coefficient (Wildman–Crippen LogP) is 1.38. The third-order valence-electron chi connectivity index (χ3n) is 4.20. The van der Waals surface area contributed by atoms with Crippen LogP contribution in [0, 0.1) is 5.92 Å². The van der Waals surface area contributed by atoms with Gasteiger partial charge < -0.3 is 5.32 Å². The van der Waals surface area contributed by atoms with E-state index in [0.29, 0.717) is 42.6 Å². The largest absolute Gasteiger partial charge is 0.317 e. The fourth-order valence-electron chi connectivity index (χ4n) is 3.23. The third kappa shape index (κ3) is 4.58. The van der Waals surface area contributed by atoms with Gasteiger partial charge >= 0.3 is 0 Å². The number of rotatable bonds is 5. The van der Waals surface area contributed by atoms with E-state index in [2.05, 4.69) is 26.1 Å². The highest BCUT2D eigenvalue weighted by atomic mass is 32.2. The van der Waals surface area contributed by atoms with Crippen LogP contribution in [0.15, 0.2) is 0 Å². The van der Waals surface area contributed by atoms with E-state index in [1.54, 1.807) is 8.61 Å². The second-order valence-corrected chi connectivity index (χ2v) is 10.1. The van der Waals surface area contributed by atoms with Crippen molar-refractivity contribution in [3.05, 3.63) is 0 Å². The lowest BCUT2D eigenvalue weighted by Crippen LogP contribution is -2.53. The number of nitrogens with zero attached hydrogens (tertiary/aromatic N) is 2. The first kappa shape index (κ1) is 17.5. The van der Waals surface area contributed by atoms with E-state index in [9.17, 15) is 8.42 Å². The van der Waals surface area contributed by atoms with Crippen molar-refractivity contribution in [1.82, 2.24) is 13.9 Å². The van der Waals surface area contributed by atoms with Gasteiger partial charge in [-0.3, -0.25) is 0 Å². The van der Waals surface area contributed by atoms with Crippen LogP contribution in [-0.2, 0) is 10.2 Å². The quantitative estimate of drug-likeness (QED) is 0.825. The molecule has 2 aliphatic rings. The van der Waals surface area contributed by atoms with Gasteiger partial charge in [-0.15, -0.1) is 0 Å². The van der Waals surface area contributed by atoms with Crippen molar-refractivity contribution in [2.45, 2.75) is 44.1 Å². The molecule has 1 N–H and O–H groups in total. The number of hydrogen-bond acceptors (Lipinski definition) is 4. The summed E-state index contributed by atoms with van der Waals surface area (Å²) < 4.78 is 29.2.